The summed E-state index contributed by atoms with van der Waals surface area (Å²) in [6.45, 7) is 0. The van der Waals surface area contributed by atoms with Crippen LogP contribution in [0.1, 0.15) is 5.56 Å². The van der Waals surface area contributed by atoms with E-state index in [1.165, 1.54) is 20.3 Å². The van der Waals surface area contributed by atoms with Crippen LogP contribution in [-0.4, -0.2) is 20.2 Å². The van der Waals surface area contributed by atoms with Gasteiger partial charge in [-0.3, -0.25) is 4.79 Å². The Morgan fingerprint density at radius 1 is 1.47 bits per heavy atom. The minimum Gasteiger partial charge on any atom is -0.494 e. The maximum absolute atomic E-state index is 13.1. The number of nitrogens with two attached hydrogens (primary N) is 1. The molecule has 0 spiro atoms. The molecule has 0 fully saturated rings. The van der Waals surface area contributed by atoms with Crippen LogP contribution in [0, 0.1) is 5.82 Å². The lowest BCUT2D eigenvalue weighted by Gasteiger charge is -2.08. The number of hydrogen-bond acceptors (Lipinski definition) is 4. The number of benzene rings is 1. The molecule has 2 N–H and O–H groups in total. The fourth-order valence-corrected chi connectivity index (χ4v) is 1.15. The summed E-state index contributed by atoms with van der Waals surface area (Å²) in [4.78, 5) is 11.0. The van der Waals surface area contributed by atoms with E-state index in [9.17, 15) is 9.18 Å². The Morgan fingerprint density at radius 3 is 2.67 bits per heavy atom. The molecule has 0 aliphatic rings. The third kappa shape index (κ3) is 2.59. The van der Waals surface area contributed by atoms with E-state index >= 15 is 0 Å². The summed E-state index contributed by atoms with van der Waals surface area (Å²) in [7, 11) is 2.62. The highest BCUT2D eigenvalue weighted by molar-refractivity contribution is 5.75. The minimum absolute atomic E-state index is 0.00102. The summed E-state index contributed by atoms with van der Waals surface area (Å²) >= 11 is 0. The Bertz CT molecular complexity index is 379. The van der Waals surface area contributed by atoms with Gasteiger partial charge in [0.2, 0.25) is 0 Å². The van der Waals surface area contributed by atoms with Crippen molar-refractivity contribution in [1.82, 2.24) is 0 Å². The number of hydrogen-bond donors (Lipinski definition) is 1. The monoisotopic (exact) mass is 213 g/mol. The van der Waals surface area contributed by atoms with E-state index in [4.69, 9.17) is 10.5 Å². The summed E-state index contributed by atoms with van der Waals surface area (Å²) < 4.78 is 22.4. The molecule has 1 rings (SSSR count). The quantitative estimate of drug-likeness (QED) is 0.604. The molecular formula is C10H12FNO3. The molecule has 0 heterocycles. The van der Waals surface area contributed by atoms with Crippen LogP contribution in [0.5, 0.6) is 5.75 Å². The zero-order chi connectivity index (χ0) is 11.4. The van der Waals surface area contributed by atoms with Gasteiger partial charge in [-0.1, -0.05) is 0 Å². The molecule has 0 bridgehead atoms. The second kappa shape index (κ2) is 4.63. The fourth-order valence-electron chi connectivity index (χ4n) is 1.15. The van der Waals surface area contributed by atoms with Gasteiger partial charge in [0.1, 0.15) is 0 Å². The Morgan fingerprint density at radius 2 is 2.13 bits per heavy atom. The van der Waals surface area contributed by atoms with Gasteiger partial charge in [-0.2, -0.15) is 0 Å². The van der Waals surface area contributed by atoms with Crippen LogP contribution in [0.2, 0.25) is 0 Å². The van der Waals surface area contributed by atoms with Crippen LogP contribution in [0.3, 0.4) is 0 Å². The first-order valence-corrected chi connectivity index (χ1v) is 4.27. The highest BCUT2D eigenvalue weighted by Gasteiger charge is 2.11. The Hall–Kier alpha value is -1.78. The van der Waals surface area contributed by atoms with Crippen LogP contribution < -0.4 is 10.5 Å². The zero-order valence-corrected chi connectivity index (χ0v) is 8.54. The molecule has 0 aliphatic heterocycles. The molecule has 0 atom stereocenters. The van der Waals surface area contributed by atoms with Gasteiger partial charge >= 0.3 is 5.97 Å². The first-order valence-electron chi connectivity index (χ1n) is 4.27. The van der Waals surface area contributed by atoms with E-state index in [0.29, 0.717) is 5.56 Å². The minimum atomic E-state index is -0.552. The zero-order valence-electron chi connectivity index (χ0n) is 8.54. The van der Waals surface area contributed by atoms with Gasteiger partial charge in [-0.05, 0) is 11.6 Å². The van der Waals surface area contributed by atoms with E-state index in [1.807, 2.05) is 0 Å². The number of carbonyl (C=O) groups is 1. The average molecular weight is 213 g/mol. The first-order chi connectivity index (χ1) is 7.08. The lowest BCUT2D eigenvalue weighted by molar-refractivity contribution is -0.139. The van der Waals surface area contributed by atoms with Gasteiger partial charge in [0.25, 0.3) is 0 Å². The van der Waals surface area contributed by atoms with Crippen molar-refractivity contribution in [3.8, 4) is 5.75 Å². The topological polar surface area (TPSA) is 61.5 Å². The number of esters is 1. The third-order valence-electron chi connectivity index (χ3n) is 1.98. The standard InChI is InChI=1S/C10H12FNO3/c1-14-9-3-6(4-10(13)15-2)8(12)5-7(9)11/h3,5H,4,12H2,1-2H3. The highest BCUT2D eigenvalue weighted by Crippen LogP contribution is 2.24. The predicted molar refractivity (Wildman–Crippen MR) is 53.1 cm³/mol. The molecule has 0 aliphatic carbocycles. The maximum Gasteiger partial charge on any atom is 0.310 e. The van der Waals surface area contributed by atoms with Gasteiger partial charge in [-0.15, -0.1) is 0 Å². The Balaban J connectivity index is 3.02. The molecule has 0 aromatic heterocycles. The molecule has 0 saturated carbocycles. The van der Waals surface area contributed by atoms with Crippen LogP contribution >= 0.6 is 0 Å². The predicted octanol–water partition coefficient (Wildman–Crippen LogP) is 1.13. The molecule has 0 amide bonds. The van der Waals surface area contributed by atoms with Crippen LogP contribution in [0.25, 0.3) is 0 Å². The van der Waals surface area contributed by atoms with E-state index in [0.717, 1.165) is 6.07 Å². The molecule has 4 nitrogen and oxygen atoms in total. The van der Waals surface area contributed by atoms with Crippen LogP contribution in [0.4, 0.5) is 10.1 Å². The van der Waals surface area contributed by atoms with Crippen molar-refractivity contribution in [2.45, 2.75) is 6.42 Å². The number of methoxy groups -OCH3 is 2. The number of carbonyl (C=O) groups excluding carboxylic acids is 1. The molecule has 5 heteroatoms. The first kappa shape index (κ1) is 11.3. The van der Waals surface area contributed by atoms with Crippen molar-refractivity contribution in [3.05, 3.63) is 23.5 Å². The Labute approximate surface area is 86.8 Å². The summed E-state index contributed by atoms with van der Waals surface area (Å²) in [5.41, 5.74) is 6.24. The van der Waals surface area contributed by atoms with Crippen LogP contribution in [-0.2, 0) is 16.0 Å². The number of anilines is 1. The molecule has 15 heavy (non-hydrogen) atoms. The third-order valence-corrected chi connectivity index (χ3v) is 1.98. The molecular weight excluding hydrogens is 201 g/mol. The normalized spacial score (nSPS) is 9.80. The van der Waals surface area contributed by atoms with Crippen molar-refractivity contribution in [2.24, 2.45) is 0 Å². The van der Waals surface area contributed by atoms with Crippen molar-refractivity contribution in [3.63, 3.8) is 0 Å². The van der Waals surface area contributed by atoms with E-state index < -0.39 is 11.8 Å². The van der Waals surface area contributed by atoms with E-state index in [2.05, 4.69) is 4.74 Å². The molecule has 0 radical (unpaired) electrons. The Kier molecular flexibility index (Phi) is 3.49. The second-order valence-corrected chi connectivity index (χ2v) is 2.94. The largest absolute Gasteiger partial charge is 0.494 e. The molecule has 1 aromatic rings. The summed E-state index contributed by atoms with van der Waals surface area (Å²) in [6, 6.07) is 2.51. The average Bonchev–Trinajstić information content (AvgIpc) is 2.21. The van der Waals surface area contributed by atoms with Crippen LogP contribution in [0.15, 0.2) is 12.1 Å². The van der Waals surface area contributed by atoms with Gasteiger partial charge in [0, 0.05) is 11.8 Å². The molecule has 0 saturated heterocycles. The van der Waals surface area contributed by atoms with Crippen molar-refractivity contribution < 1.29 is 18.7 Å². The van der Waals surface area contributed by atoms with Gasteiger partial charge in [-0.25, -0.2) is 4.39 Å². The SMILES string of the molecule is COC(=O)Cc1cc(OC)c(F)cc1N. The summed E-state index contributed by atoms with van der Waals surface area (Å²) in [5, 5.41) is 0. The molecule has 0 unspecified atom stereocenters. The fraction of sp³-hybridized carbons (Fsp3) is 0.300. The van der Waals surface area contributed by atoms with Gasteiger partial charge < -0.3 is 15.2 Å². The maximum atomic E-state index is 13.1. The smallest absolute Gasteiger partial charge is 0.310 e. The molecule has 1 aromatic carbocycles. The van der Waals surface area contributed by atoms with E-state index in [-0.39, 0.29) is 17.9 Å². The lowest BCUT2D eigenvalue weighted by Crippen LogP contribution is -2.07. The number of rotatable bonds is 3. The van der Waals surface area contributed by atoms with Gasteiger partial charge in [0.15, 0.2) is 11.6 Å². The van der Waals surface area contributed by atoms with Gasteiger partial charge in [0.05, 0.1) is 20.6 Å². The van der Waals surface area contributed by atoms with Crippen molar-refractivity contribution in [1.29, 1.82) is 0 Å². The highest BCUT2D eigenvalue weighted by atomic mass is 19.1. The van der Waals surface area contributed by atoms with E-state index in [1.54, 1.807) is 0 Å². The summed E-state index contributed by atoms with van der Waals surface area (Å²) in [6.07, 6.45) is -0.00102. The number of halogens is 1. The van der Waals surface area contributed by atoms with Crippen molar-refractivity contribution >= 4 is 11.7 Å². The number of ether oxygens (including phenoxy) is 2. The lowest BCUT2D eigenvalue weighted by atomic mass is 10.1. The number of nitrogen functional groups attached to an aromatic ring is 1. The molecule has 82 valence electrons. The second-order valence-electron chi connectivity index (χ2n) is 2.94. The van der Waals surface area contributed by atoms with Crippen molar-refractivity contribution in [2.75, 3.05) is 20.0 Å². The summed E-state index contributed by atoms with van der Waals surface area (Å²) in [5.74, 6) is -0.929.